The van der Waals surface area contributed by atoms with Gasteiger partial charge in [0.05, 0.1) is 6.61 Å². The van der Waals surface area contributed by atoms with Gasteiger partial charge in [-0.3, -0.25) is 10.1 Å². The molecule has 240 valence electrons. The van der Waals surface area contributed by atoms with Crippen LogP contribution in [0, 0.1) is 23.2 Å². The second kappa shape index (κ2) is 17.8. The van der Waals surface area contributed by atoms with E-state index in [0.29, 0.717) is 24.5 Å². The summed E-state index contributed by atoms with van der Waals surface area (Å²) in [5, 5.41) is 14.6. The van der Waals surface area contributed by atoms with Gasteiger partial charge in [-0.05, 0) is 66.4 Å². The zero-order valence-electron chi connectivity index (χ0n) is 27.9. The lowest BCUT2D eigenvalue weighted by Gasteiger charge is -2.38. The van der Waals surface area contributed by atoms with Crippen LogP contribution in [0.1, 0.15) is 108 Å². The van der Waals surface area contributed by atoms with Crippen molar-refractivity contribution in [2.45, 2.75) is 119 Å². The number of carbonyl (C=O) groups is 1. The molecule has 0 aliphatic heterocycles. The molecular formula is C37H64N2O3. The van der Waals surface area contributed by atoms with Crippen molar-refractivity contribution in [3.63, 3.8) is 0 Å². The largest absolute Gasteiger partial charge is 0.353 e. The van der Waals surface area contributed by atoms with Gasteiger partial charge < -0.3 is 14.7 Å². The first-order valence-electron chi connectivity index (χ1n) is 16.3. The van der Waals surface area contributed by atoms with Crippen LogP contribution >= 0.6 is 0 Å². The summed E-state index contributed by atoms with van der Waals surface area (Å²) in [6, 6.07) is 20.3. The fourth-order valence-corrected chi connectivity index (χ4v) is 5.47. The molecule has 3 rings (SSSR count). The van der Waals surface area contributed by atoms with E-state index in [1.54, 1.807) is 13.8 Å². The maximum atomic E-state index is 12.5. The summed E-state index contributed by atoms with van der Waals surface area (Å²) < 4.78 is 5.93. The van der Waals surface area contributed by atoms with Crippen molar-refractivity contribution in [2.75, 3.05) is 13.1 Å². The zero-order chi connectivity index (χ0) is 31.2. The molecule has 0 aromatic heterocycles. The lowest BCUT2D eigenvalue weighted by Crippen LogP contribution is -2.54. The highest BCUT2D eigenvalue weighted by atomic mass is 16.6. The number of carbonyl (C=O) groups excluding carboxylic acids is 1. The average Bonchev–Trinajstić information content (AvgIpc) is 3.79. The lowest BCUT2D eigenvalue weighted by molar-refractivity contribution is -0.226. The van der Waals surface area contributed by atoms with Gasteiger partial charge >= 0.3 is 0 Å². The number of amides is 1. The molecule has 1 aliphatic rings. The first kappa shape index (κ1) is 36.0. The van der Waals surface area contributed by atoms with E-state index in [1.807, 2.05) is 41.3 Å². The normalized spacial score (nSPS) is 16.2. The molecule has 1 unspecified atom stereocenters. The van der Waals surface area contributed by atoms with Crippen LogP contribution in [0.25, 0.3) is 0 Å². The van der Waals surface area contributed by atoms with Crippen molar-refractivity contribution in [3.8, 4) is 0 Å². The van der Waals surface area contributed by atoms with E-state index in [2.05, 4.69) is 71.1 Å². The highest BCUT2D eigenvalue weighted by Gasteiger charge is 2.33. The van der Waals surface area contributed by atoms with Gasteiger partial charge in [0.15, 0.2) is 0 Å². The Kier molecular flexibility index (Phi) is 15.2. The number of benzene rings is 2. The molecule has 0 saturated heterocycles. The van der Waals surface area contributed by atoms with Gasteiger partial charge in [0.25, 0.3) is 0 Å². The third kappa shape index (κ3) is 14.8. The van der Waals surface area contributed by atoms with Gasteiger partial charge in [-0.1, -0.05) is 115 Å². The molecule has 1 fully saturated rings. The van der Waals surface area contributed by atoms with E-state index >= 15 is 0 Å². The third-order valence-corrected chi connectivity index (χ3v) is 8.19. The molecule has 0 radical (unpaired) electrons. The predicted molar refractivity (Wildman–Crippen MR) is 180 cm³/mol. The molecule has 0 heterocycles. The SMILES string of the molecule is CC(C)(C)C1CC1.CCCC[C@H](CN(CC(C)C)C(C)=O)[C@H](CCc1ccccc1)NC(C)(O)OCc1ccccc1.[HH].[HH]. The van der Waals surface area contributed by atoms with Gasteiger partial charge in [-0.15, -0.1) is 0 Å². The fourth-order valence-electron chi connectivity index (χ4n) is 5.47. The van der Waals surface area contributed by atoms with Crippen molar-refractivity contribution in [3.05, 3.63) is 71.8 Å². The smallest absolute Gasteiger partial charge is 0.222 e. The number of nitrogens with one attached hydrogen (secondary N) is 1. The number of rotatable bonds is 16. The molecule has 2 N–H and O–H groups in total. The summed E-state index contributed by atoms with van der Waals surface area (Å²) in [6.45, 7) is 18.5. The van der Waals surface area contributed by atoms with E-state index in [-0.39, 0.29) is 20.7 Å². The van der Waals surface area contributed by atoms with Gasteiger partial charge in [0.1, 0.15) is 0 Å². The summed E-state index contributed by atoms with van der Waals surface area (Å²) >= 11 is 0. The van der Waals surface area contributed by atoms with Crippen LogP contribution in [0.4, 0.5) is 0 Å². The molecule has 0 bridgehead atoms. The van der Waals surface area contributed by atoms with Crippen LogP contribution in [0.3, 0.4) is 0 Å². The van der Waals surface area contributed by atoms with Gasteiger partial charge in [0, 0.05) is 35.8 Å². The number of aryl methyl sites for hydroxylation is 1. The Bertz CT molecular complexity index is 1010. The molecule has 42 heavy (non-hydrogen) atoms. The summed E-state index contributed by atoms with van der Waals surface area (Å²) in [7, 11) is 0. The molecule has 5 heteroatoms. The molecule has 5 nitrogen and oxygen atoms in total. The Morgan fingerprint density at radius 3 is 2.00 bits per heavy atom. The Morgan fingerprint density at radius 2 is 1.55 bits per heavy atom. The molecule has 1 saturated carbocycles. The first-order valence-corrected chi connectivity index (χ1v) is 16.3. The second-order valence-electron chi connectivity index (χ2n) is 13.9. The van der Waals surface area contributed by atoms with Crippen LogP contribution in [0.15, 0.2) is 60.7 Å². The Balaban J connectivity index is 0.00000180. The molecule has 1 amide bonds. The predicted octanol–water partition coefficient (Wildman–Crippen LogP) is 8.71. The average molecular weight is 585 g/mol. The lowest BCUT2D eigenvalue weighted by atomic mass is 9.88. The van der Waals surface area contributed by atoms with Crippen LogP contribution in [0.5, 0.6) is 0 Å². The van der Waals surface area contributed by atoms with Crippen LogP contribution in [-0.4, -0.2) is 41.0 Å². The number of ether oxygens (including phenoxy) is 1. The van der Waals surface area contributed by atoms with Crippen molar-refractivity contribution in [2.24, 2.45) is 23.2 Å². The van der Waals surface area contributed by atoms with E-state index in [9.17, 15) is 9.90 Å². The van der Waals surface area contributed by atoms with Gasteiger partial charge in [0.2, 0.25) is 11.8 Å². The molecule has 2 aromatic rings. The molecule has 2 aromatic carbocycles. The topological polar surface area (TPSA) is 61.8 Å². The van der Waals surface area contributed by atoms with Crippen LogP contribution < -0.4 is 5.32 Å². The van der Waals surface area contributed by atoms with E-state index in [4.69, 9.17) is 4.74 Å². The number of hydrogen-bond donors (Lipinski definition) is 2. The number of hydrogen-bond acceptors (Lipinski definition) is 4. The van der Waals surface area contributed by atoms with Crippen molar-refractivity contribution < 1.29 is 17.5 Å². The highest BCUT2D eigenvalue weighted by Crippen LogP contribution is 2.44. The van der Waals surface area contributed by atoms with Gasteiger partial charge in [-0.25, -0.2) is 0 Å². The van der Waals surface area contributed by atoms with Crippen molar-refractivity contribution in [1.82, 2.24) is 10.2 Å². The number of unbranched alkanes of at least 4 members (excludes halogenated alkanes) is 1. The third-order valence-electron chi connectivity index (χ3n) is 8.19. The molecule has 3 atom stereocenters. The molecule has 1 aliphatic carbocycles. The highest BCUT2D eigenvalue weighted by molar-refractivity contribution is 5.73. The van der Waals surface area contributed by atoms with Crippen LogP contribution in [-0.2, 0) is 22.6 Å². The minimum absolute atomic E-state index is 0. The Hall–Kier alpha value is -2.21. The number of nitrogens with zero attached hydrogens (tertiary/aromatic N) is 1. The maximum Gasteiger partial charge on any atom is 0.222 e. The summed E-state index contributed by atoms with van der Waals surface area (Å²) in [6.07, 6.45) is 7.84. The van der Waals surface area contributed by atoms with Crippen molar-refractivity contribution in [1.29, 1.82) is 0 Å². The minimum atomic E-state index is -1.49. The van der Waals surface area contributed by atoms with Crippen LogP contribution in [0.2, 0.25) is 0 Å². The molecule has 0 spiro atoms. The molecular weight excluding hydrogens is 520 g/mol. The van der Waals surface area contributed by atoms with E-state index in [1.165, 1.54) is 18.4 Å². The Labute approximate surface area is 260 Å². The number of aliphatic hydroxyl groups is 1. The maximum absolute atomic E-state index is 12.5. The monoisotopic (exact) mass is 584 g/mol. The quantitative estimate of drug-likeness (QED) is 0.194. The van der Waals surface area contributed by atoms with E-state index < -0.39 is 5.91 Å². The standard InChI is InChI=1S/C30H46N2O3.C7H14.2H2/c1-6-7-18-28(22-32(25(4)33)21-24(2)3)29(20-19-26-14-10-8-11-15-26)31-30(5,34)35-23-27-16-12-9-13-17-27;1-7(2,3)6-4-5-6;;/h8-17,24,28-29,31,34H,6-7,18-23H2,1-5H3;6H,4-5H2,1-3H3;2*1H/t28-,29+,30?;;;/m1.../s1. The summed E-state index contributed by atoms with van der Waals surface area (Å²) in [5.74, 6) is 0.272. The summed E-state index contributed by atoms with van der Waals surface area (Å²) in [5.41, 5.74) is 2.89. The fraction of sp³-hybridized carbons (Fsp3) is 0.649. The Morgan fingerprint density at radius 1 is 0.976 bits per heavy atom. The minimum Gasteiger partial charge on any atom is -0.353 e. The zero-order valence-corrected chi connectivity index (χ0v) is 27.9. The summed E-state index contributed by atoms with van der Waals surface area (Å²) in [4.78, 5) is 14.4. The van der Waals surface area contributed by atoms with E-state index in [0.717, 1.165) is 50.1 Å². The first-order chi connectivity index (χ1) is 19.8. The van der Waals surface area contributed by atoms with Crippen molar-refractivity contribution >= 4 is 5.91 Å². The second-order valence-corrected chi connectivity index (χ2v) is 13.9. The van der Waals surface area contributed by atoms with Gasteiger partial charge in [-0.2, -0.15) is 0 Å².